The van der Waals surface area contributed by atoms with Gasteiger partial charge < -0.3 is 14.1 Å². The van der Waals surface area contributed by atoms with Gasteiger partial charge in [-0.2, -0.15) is 0 Å². The van der Waals surface area contributed by atoms with Crippen molar-refractivity contribution in [3.05, 3.63) is 53.8 Å². The predicted molar refractivity (Wildman–Crippen MR) is 72.9 cm³/mol. The van der Waals surface area contributed by atoms with Crippen molar-refractivity contribution >= 4 is 11.0 Å². The fraction of sp³-hybridized carbons (Fsp3) is 0.267. The summed E-state index contributed by atoms with van der Waals surface area (Å²) in [4.78, 5) is 4.20. The van der Waals surface area contributed by atoms with Gasteiger partial charge in [0.2, 0.25) is 0 Å². The first-order valence-corrected chi connectivity index (χ1v) is 6.38. The fourth-order valence-electron chi connectivity index (χ4n) is 2.28. The van der Waals surface area contributed by atoms with Gasteiger partial charge in [-0.15, -0.1) is 0 Å². The molecule has 0 aliphatic rings. The van der Waals surface area contributed by atoms with Gasteiger partial charge in [-0.1, -0.05) is 11.6 Å². The van der Waals surface area contributed by atoms with Crippen LogP contribution in [0.2, 0.25) is 0 Å². The summed E-state index contributed by atoms with van der Waals surface area (Å²) < 4.78 is 7.61. The van der Waals surface area contributed by atoms with Gasteiger partial charge in [0.25, 0.3) is 0 Å². The second kappa shape index (κ2) is 4.55. The van der Waals surface area contributed by atoms with Crippen LogP contribution in [0.15, 0.2) is 41.1 Å². The molecule has 0 bridgehead atoms. The molecule has 2 aromatic heterocycles. The zero-order chi connectivity index (χ0) is 13.4. The summed E-state index contributed by atoms with van der Waals surface area (Å²) >= 11 is 0. The van der Waals surface area contributed by atoms with Crippen LogP contribution in [0, 0.1) is 6.92 Å². The van der Waals surface area contributed by atoms with E-state index in [1.54, 1.807) is 6.20 Å². The van der Waals surface area contributed by atoms with Crippen molar-refractivity contribution in [3.8, 4) is 0 Å². The fourth-order valence-corrected chi connectivity index (χ4v) is 2.28. The van der Waals surface area contributed by atoms with Gasteiger partial charge in [-0.05, 0) is 32.0 Å². The van der Waals surface area contributed by atoms with Gasteiger partial charge in [0.05, 0.1) is 0 Å². The average Bonchev–Trinajstić information content (AvgIpc) is 3.03. The molecule has 1 unspecified atom stereocenters. The van der Waals surface area contributed by atoms with E-state index in [9.17, 15) is 5.11 Å². The van der Waals surface area contributed by atoms with Crippen LogP contribution in [0.1, 0.15) is 30.2 Å². The molecule has 2 heterocycles. The van der Waals surface area contributed by atoms with Gasteiger partial charge >= 0.3 is 0 Å². The monoisotopic (exact) mass is 256 g/mol. The minimum atomic E-state index is -0.831. The molecule has 98 valence electrons. The predicted octanol–water partition coefficient (Wildman–Crippen LogP) is 3.04. The lowest BCUT2D eigenvalue weighted by Gasteiger charge is -2.09. The number of nitrogens with zero attached hydrogens (tertiary/aromatic N) is 2. The highest BCUT2D eigenvalue weighted by molar-refractivity contribution is 5.78. The number of hydrogen-bond donors (Lipinski definition) is 1. The lowest BCUT2D eigenvalue weighted by molar-refractivity contribution is 0.178. The summed E-state index contributed by atoms with van der Waals surface area (Å²) in [5.41, 5.74) is 1.96. The van der Waals surface area contributed by atoms with Gasteiger partial charge in [-0.25, -0.2) is 4.98 Å². The highest BCUT2D eigenvalue weighted by Gasteiger charge is 2.19. The Labute approximate surface area is 111 Å². The van der Waals surface area contributed by atoms with Crippen LogP contribution in [0.5, 0.6) is 0 Å². The molecule has 19 heavy (non-hydrogen) atoms. The first-order chi connectivity index (χ1) is 9.19. The molecular formula is C15H16N2O2. The van der Waals surface area contributed by atoms with Crippen molar-refractivity contribution in [2.75, 3.05) is 0 Å². The molecule has 0 spiro atoms. The van der Waals surface area contributed by atoms with Crippen LogP contribution in [-0.4, -0.2) is 14.7 Å². The molecule has 0 aliphatic heterocycles. The van der Waals surface area contributed by atoms with Gasteiger partial charge in [0.15, 0.2) is 6.10 Å². The number of aromatic nitrogens is 2. The van der Waals surface area contributed by atoms with Gasteiger partial charge in [-0.3, -0.25) is 0 Å². The zero-order valence-corrected chi connectivity index (χ0v) is 11.0. The van der Waals surface area contributed by atoms with Crippen molar-refractivity contribution in [3.63, 3.8) is 0 Å². The zero-order valence-electron chi connectivity index (χ0n) is 11.0. The van der Waals surface area contributed by atoms with Crippen molar-refractivity contribution < 1.29 is 9.52 Å². The maximum atomic E-state index is 10.4. The van der Waals surface area contributed by atoms with E-state index in [4.69, 9.17) is 4.42 Å². The molecule has 4 nitrogen and oxygen atoms in total. The number of furan rings is 1. The van der Waals surface area contributed by atoms with E-state index in [-0.39, 0.29) is 0 Å². The Balaban J connectivity index is 2.04. The lowest BCUT2D eigenvalue weighted by Crippen LogP contribution is -2.07. The Bertz CT molecular complexity index is 712. The second-order valence-electron chi connectivity index (χ2n) is 4.66. The SMILES string of the molecule is CCn1ccnc1C(O)c1cc2cc(C)ccc2o1. The van der Waals surface area contributed by atoms with Crippen molar-refractivity contribution in [2.45, 2.75) is 26.5 Å². The molecule has 0 radical (unpaired) electrons. The van der Waals surface area contributed by atoms with E-state index in [1.807, 2.05) is 48.9 Å². The van der Waals surface area contributed by atoms with Crippen molar-refractivity contribution in [2.24, 2.45) is 0 Å². The number of fused-ring (bicyclic) bond motifs is 1. The Kier molecular flexibility index (Phi) is 2.87. The maximum absolute atomic E-state index is 10.4. The van der Waals surface area contributed by atoms with Gasteiger partial charge in [0.1, 0.15) is 17.2 Å². The molecule has 1 N–H and O–H groups in total. The molecule has 3 rings (SSSR count). The third-order valence-electron chi connectivity index (χ3n) is 3.29. The summed E-state index contributed by atoms with van der Waals surface area (Å²) in [6, 6.07) is 7.84. The maximum Gasteiger partial charge on any atom is 0.169 e. The number of benzene rings is 1. The van der Waals surface area contributed by atoms with E-state index >= 15 is 0 Å². The lowest BCUT2D eigenvalue weighted by atomic mass is 10.1. The number of rotatable bonds is 3. The normalized spacial score (nSPS) is 13.0. The third kappa shape index (κ3) is 2.04. The van der Waals surface area contributed by atoms with Crippen LogP contribution < -0.4 is 0 Å². The van der Waals surface area contributed by atoms with Crippen molar-refractivity contribution in [1.29, 1.82) is 0 Å². The summed E-state index contributed by atoms with van der Waals surface area (Å²) in [5, 5.41) is 11.4. The minimum Gasteiger partial charge on any atom is -0.458 e. The first kappa shape index (κ1) is 12.0. The summed E-state index contributed by atoms with van der Waals surface area (Å²) in [7, 11) is 0. The van der Waals surface area contributed by atoms with E-state index < -0.39 is 6.10 Å². The molecule has 3 aromatic rings. The van der Waals surface area contributed by atoms with Crippen LogP contribution >= 0.6 is 0 Å². The topological polar surface area (TPSA) is 51.2 Å². The number of imidazole rings is 1. The largest absolute Gasteiger partial charge is 0.458 e. The van der Waals surface area contributed by atoms with Crippen LogP contribution in [0.3, 0.4) is 0 Å². The number of aliphatic hydroxyl groups excluding tert-OH is 1. The third-order valence-corrected chi connectivity index (χ3v) is 3.29. The molecule has 0 saturated carbocycles. The molecule has 4 heteroatoms. The number of hydrogen-bond acceptors (Lipinski definition) is 3. The first-order valence-electron chi connectivity index (χ1n) is 6.38. The molecule has 1 atom stereocenters. The summed E-state index contributed by atoms with van der Waals surface area (Å²) in [6.45, 7) is 4.82. The van der Waals surface area contributed by atoms with E-state index in [1.165, 1.54) is 5.56 Å². The highest BCUT2D eigenvalue weighted by Crippen LogP contribution is 2.28. The number of aliphatic hydroxyl groups is 1. The standard InChI is InChI=1S/C15H16N2O2/c1-3-17-7-6-16-15(17)14(18)13-9-11-8-10(2)4-5-12(11)19-13/h4-9,14,18H,3H2,1-2H3. The van der Waals surface area contributed by atoms with Crippen molar-refractivity contribution in [1.82, 2.24) is 9.55 Å². The van der Waals surface area contributed by atoms with Gasteiger partial charge in [0, 0.05) is 24.3 Å². The van der Waals surface area contributed by atoms with E-state index in [2.05, 4.69) is 4.98 Å². The highest BCUT2D eigenvalue weighted by atomic mass is 16.4. The second-order valence-corrected chi connectivity index (χ2v) is 4.66. The van der Waals surface area contributed by atoms with E-state index in [0.717, 1.165) is 17.5 Å². The molecule has 1 aromatic carbocycles. The molecular weight excluding hydrogens is 240 g/mol. The average molecular weight is 256 g/mol. The molecule has 0 saturated heterocycles. The Morgan fingerprint density at radius 3 is 3.00 bits per heavy atom. The van der Waals surface area contributed by atoms with Crippen LogP contribution in [-0.2, 0) is 6.54 Å². The van der Waals surface area contributed by atoms with Crippen LogP contribution in [0.25, 0.3) is 11.0 Å². The minimum absolute atomic E-state index is 0.529. The molecule has 0 amide bonds. The Hall–Kier alpha value is -2.07. The summed E-state index contributed by atoms with van der Waals surface area (Å²) in [6.07, 6.45) is 2.71. The van der Waals surface area contributed by atoms with Crippen LogP contribution in [0.4, 0.5) is 0 Å². The molecule has 0 fully saturated rings. The molecule has 0 aliphatic carbocycles. The Morgan fingerprint density at radius 1 is 1.37 bits per heavy atom. The Morgan fingerprint density at radius 2 is 2.21 bits per heavy atom. The van der Waals surface area contributed by atoms with E-state index in [0.29, 0.717) is 11.6 Å². The summed E-state index contributed by atoms with van der Waals surface area (Å²) in [5.74, 6) is 1.14. The number of aryl methyl sites for hydroxylation is 2. The smallest absolute Gasteiger partial charge is 0.169 e. The quantitative estimate of drug-likeness (QED) is 0.783.